The Morgan fingerprint density at radius 1 is 0.906 bits per heavy atom. The lowest BCUT2D eigenvalue weighted by Gasteiger charge is -2.28. The number of esters is 1. The van der Waals surface area contributed by atoms with Crippen LogP contribution in [0.3, 0.4) is 0 Å². The predicted octanol–water partition coefficient (Wildman–Crippen LogP) is 3.65. The van der Waals surface area contributed by atoms with Gasteiger partial charge in [0.2, 0.25) is 0 Å². The van der Waals surface area contributed by atoms with Crippen molar-refractivity contribution in [3.8, 4) is 16.9 Å². The average molecular weight is 430 g/mol. The van der Waals surface area contributed by atoms with E-state index in [4.69, 9.17) is 9.47 Å². The molecule has 0 saturated carbocycles. The second-order valence-electron chi connectivity index (χ2n) is 7.20. The van der Waals surface area contributed by atoms with Gasteiger partial charge in [0.15, 0.2) is 13.2 Å². The number of carbonyl (C=O) groups is 3. The van der Waals surface area contributed by atoms with Crippen LogP contribution in [-0.4, -0.2) is 37.5 Å². The number of hydrogen-bond acceptors (Lipinski definition) is 5. The van der Waals surface area contributed by atoms with Crippen molar-refractivity contribution in [2.75, 3.05) is 30.0 Å². The molecule has 1 heterocycles. The van der Waals surface area contributed by atoms with Crippen molar-refractivity contribution in [1.29, 1.82) is 0 Å². The van der Waals surface area contributed by atoms with Crippen molar-refractivity contribution in [2.24, 2.45) is 0 Å². The number of carbonyl (C=O) groups excluding carboxylic acids is 3. The van der Waals surface area contributed by atoms with Crippen LogP contribution in [0.4, 0.5) is 11.4 Å². The Bertz CT molecular complexity index is 1110. The second-order valence-corrected chi connectivity index (χ2v) is 7.20. The largest absolute Gasteiger partial charge is 0.482 e. The highest BCUT2D eigenvalue weighted by molar-refractivity contribution is 5.98. The first-order chi connectivity index (χ1) is 15.6. The SMILES string of the molecule is O=C(COC(=O)CCN1C(=O)COc2ccccc21)Nc1ccc(-c2ccccc2)cc1. The Morgan fingerprint density at radius 2 is 1.59 bits per heavy atom. The minimum absolute atomic E-state index is 0.0286. The van der Waals surface area contributed by atoms with Crippen LogP contribution in [0.25, 0.3) is 11.1 Å². The van der Waals surface area contributed by atoms with E-state index in [1.807, 2.05) is 48.5 Å². The topological polar surface area (TPSA) is 84.9 Å². The molecule has 7 nitrogen and oxygen atoms in total. The van der Waals surface area contributed by atoms with Crippen LogP contribution in [0, 0.1) is 0 Å². The number of ether oxygens (including phenoxy) is 2. The highest BCUT2D eigenvalue weighted by Crippen LogP contribution is 2.31. The molecule has 32 heavy (non-hydrogen) atoms. The van der Waals surface area contributed by atoms with Gasteiger partial charge in [-0.2, -0.15) is 0 Å². The zero-order chi connectivity index (χ0) is 22.3. The maximum absolute atomic E-state index is 12.1. The van der Waals surface area contributed by atoms with Crippen LogP contribution in [0.15, 0.2) is 78.9 Å². The molecule has 0 atom stereocenters. The molecule has 162 valence electrons. The normalized spacial score (nSPS) is 12.5. The first kappa shape index (κ1) is 21.1. The second kappa shape index (κ2) is 9.78. The van der Waals surface area contributed by atoms with Crippen molar-refractivity contribution in [1.82, 2.24) is 0 Å². The Kier molecular flexibility index (Phi) is 6.46. The summed E-state index contributed by atoms with van der Waals surface area (Å²) in [4.78, 5) is 37.8. The molecular weight excluding hydrogens is 408 g/mol. The zero-order valence-corrected chi connectivity index (χ0v) is 17.3. The highest BCUT2D eigenvalue weighted by Gasteiger charge is 2.25. The van der Waals surface area contributed by atoms with E-state index in [2.05, 4.69) is 5.32 Å². The summed E-state index contributed by atoms with van der Waals surface area (Å²) in [7, 11) is 0. The molecule has 0 saturated heterocycles. The van der Waals surface area contributed by atoms with Gasteiger partial charge in [-0.25, -0.2) is 0 Å². The van der Waals surface area contributed by atoms with E-state index in [9.17, 15) is 14.4 Å². The standard InChI is InChI=1S/C25H22N2O5/c28-23(26-20-12-10-19(11-13-20)18-6-2-1-3-7-18)16-32-25(30)14-15-27-21-8-4-5-9-22(21)31-17-24(27)29/h1-13H,14-17H2,(H,26,28). The summed E-state index contributed by atoms with van der Waals surface area (Å²) < 4.78 is 10.4. The lowest BCUT2D eigenvalue weighted by atomic mass is 10.1. The van der Waals surface area contributed by atoms with Crippen LogP contribution in [0.2, 0.25) is 0 Å². The molecule has 0 unspecified atom stereocenters. The van der Waals surface area contributed by atoms with Crippen molar-refractivity contribution in [2.45, 2.75) is 6.42 Å². The van der Waals surface area contributed by atoms with Crippen molar-refractivity contribution in [3.05, 3.63) is 78.9 Å². The van der Waals surface area contributed by atoms with Gasteiger partial charge >= 0.3 is 5.97 Å². The van der Waals surface area contributed by atoms with E-state index in [-0.39, 0.29) is 25.5 Å². The van der Waals surface area contributed by atoms with Gasteiger partial charge in [0.1, 0.15) is 5.75 Å². The van der Waals surface area contributed by atoms with Crippen LogP contribution in [0.5, 0.6) is 5.75 Å². The third kappa shape index (κ3) is 5.13. The maximum Gasteiger partial charge on any atom is 0.308 e. The average Bonchev–Trinajstić information content (AvgIpc) is 2.83. The summed E-state index contributed by atoms with van der Waals surface area (Å²) in [5.74, 6) is -0.624. The van der Waals surface area contributed by atoms with Gasteiger partial charge in [-0.15, -0.1) is 0 Å². The Hall–Kier alpha value is -4.13. The van der Waals surface area contributed by atoms with E-state index in [1.54, 1.807) is 30.3 Å². The number of para-hydroxylation sites is 2. The minimum Gasteiger partial charge on any atom is -0.482 e. The lowest BCUT2D eigenvalue weighted by molar-refractivity contribution is -0.147. The van der Waals surface area contributed by atoms with E-state index in [0.717, 1.165) is 11.1 Å². The third-order valence-electron chi connectivity index (χ3n) is 4.99. The quantitative estimate of drug-likeness (QED) is 0.579. The van der Waals surface area contributed by atoms with Gasteiger partial charge < -0.3 is 19.7 Å². The van der Waals surface area contributed by atoms with Crippen LogP contribution in [0.1, 0.15) is 6.42 Å². The predicted molar refractivity (Wildman–Crippen MR) is 120 cm³/mol. The fourth-order valence-corrected chi connectivity index (χ4v) is 3.39. The molecule has 3 aromatic carbocycles. The number of amides is 2. The van der Waals surface area contributed by atoms with Gasteiger partial charge in [0.05, 0.1) is 12.1 Å². The molecular formula is C25H22N2O5. The monoisotopic (exact) mass is 430 g/mol. The van der Waals surface area contributed by atoms with Gasteiger partial charge in [0, 0.05) is 12.2 Å². The molecule has 0 aliphatic carbocycles. The Morgan fingerprint density at radius 3 is 2.38 bits per heavy atom. The van der Waals surface area contributed by atoms with E-state index < -0.39 is 18.5 Å². The molecule has 0 bridgehead atoms. The molecule has 7 heteroatoms. The summed E-state index contributed by atoms with van der Waals surface area (Å²) in [6, 6.07) is 24.5. The summed E-state index contributed by atoms with van der Waals surface area (Å²) in [6.45, 7) is -0.314. The van der Waals surface area contributed by atoms with Gasteiger partial charge in [-0.1, -0.05) is 54.6 Å². The highest BCUT2D eigenvalue weighted by atomic mass is 16.5. The van der Waals surface area contributed by atoms with Gasteiger partial charge in [0.25, 0.3) is 11.8 Å². The Labute approximate surface area is 185 Å². The molecule has 0 aromatic heterocycles. The number of fused-ring (bicyclic) bond motifs is 1. The van der Waals surface area contributed by atoms with Crippen molar-refractivity contribution < 1.29 is 23.9 Å². The maximum atomic E-state index is 12.1. The molecule has 0 radical (unpaired) electrons. The number of anilines is 2. The van der Waals surface area contributed by atoms with E-state index in [1.165, 1.54) is 4.90 Å². The van der Waals surface area contributed by atoms with Crippen LogP contribution in [-0.2, 0) is 19.1 Å². The Balaban J connectivity index is 1.24. The molecule has 1 aliphatic heterocycles. The van der Waals surface area contributed by atoms with E-state index >= 15 is 0 Å². The first-order valence-corrected chi connectivity index (χ1v) is 10.2. The number of nitrogens with one attached hydrogen (secondary N) is 1. The van der Waals surface area contributed by atoms with Crippen molar-refractivity contribution >= 4 is 29.2 Å². The summed E-state index contributed by atoms with van der Waals surface area (Å²) in [6.07, 6.45) is -0.0286. The molecule has 4 rings (SSSR count). The van der Waals surface area contributed by atoms with Gasteiger partial charge in [-0.3, -0.25) is 14.4 Å². The fraction of sp³-hybridized carbons (Fsp3) is 0.160. The van der Waals surface area contributed by atoms with Crippen molar-refractivity contribution in [3.63, 3.8) is 0 Å². The third-order valence-corrected chi connectivity index (χ3v) is 4.99. The molecule has 0 fully saturated rings. The lowest BCUT2D eigenvalue weighted by Crippen LogP contribution is -2.40. The molecule has 1 aliphatic rings. The molecule has 3 aromatic rings. The molecule has 0 spiro atoms. The fourth-order valence-electron chi connectivity index (χ4n) is 3.39. The zero-order valence-electron chi connectivity index (χ0n) is 17.3. The smallest absolute Gasteiger partial charge is 0.308 e. The number of rotatable bonds is 7. The number of hydrogen-bond donors (Lipinski definition) is 1. The summed E-state index contributed by atoms with van der Waals surface area (Å²) >= 11 is 0. The molecule has 1 N–H and O–H groups in total. The number of nitrogens with zero attached hydrogens (tertiary/aromatic N) is 1. The van der Waals surface area contributed by atoms with Gasteiger partial charge in [-0.05, 0) is 35.4 Å². The van der Waals surface area contributed by atoms with Crippen LogP contribution < -0.4 is 15.0 Å². The van der Waals surface area contributed by atoms with E-state index in [0.29, 0.717) is 17.1 Å². The summed E-state index contributed by atoms with van der Waals surface area (Å²) in [5.41, 5.74) is 3.35. The molecule has 2 amide bonds. The number of benzene rings is 3. The first-order valence-electron chi connectivity index (χ1n) is 10.2. The minimum atomic E-state index is -0.559. The van der Waals surface area contributed by atoms with Crippen LogP contribution >= 0.6 is 0 Å². The summed E-state index contributed by atoms with van der Waals surface area (Å²) in [5, 5.41) is 2.70.